The van der Waals surface area contributed by atoms with Crippen molar-refractivity contribution in [2.24, 2.45) is 5.92 Å². The van der Waals surface area contributed by atoms with E-state index in [1.165, 1.54) is 32.4 Å². The third-order valence-electron chi connectivity index (χ3n) is 4.49. The second-order valence-electron chi connectivity index (χ2n) is 6.78. The molecule has 0 aliphatic carbocycles. The summed E-state index contributed by atoms with van der Waals surface area (Å²) in [7, 11) is 0. The minimum Gasteiger partial charge on any atom is -0.432 e. The van der Waals surface area contributed by atoms with Crippen LogP contribution < -0.4 is 10.2 Å². The third-order valence-corrected chi connectivity index (χ3v) is 4.49. The van der Waals surface area contributed by atoms with Gasteiger partial charge in [0.2, 0.25) is 0 Å². The lowest BCUT2D eigenvalue weighted by Crippen LogP contribution is -2.35. The van der Waals surface area contributed by atoms with Crippen LogP contribution in [-0.2, 0) is 6.54 Å². The molecule has 5 nitrogen and oxygen atoms in total. The van der Waals surface area contributed by atoms with E-state index in [1.54, 1.807) is 6.26 Å². The van der Waals surface area contributed by atoms with Crippen molar-refractivity contribution in [1.29, 1.82) is 0 Å². The quantitative estimate of drug-likeness (QED) is 0.870. The van der Waals surface area contributed by atoms with Crippen molar-refractivity contribution in [2.45, 2.75) is 45.7 Å². The third kappa shape index (κ3) is 3.77. The van der Waals surface area contributed by atoms with E-state index in [0.717, 1.165) is 37.9 Å². The number of hydrogen-bond donors (Lipinski definition) is 1. The van der Waals surface area contributed by atoms with Gasteiger partial charge in [-0.25, -0.2) is 0 Å². The largest absolute Gasteiger partial charge is 0.432 e. The van der Waals surface area contributed by atoms with Gasteiger partial charge in [-0.05, 0) is 44.8 Å². The molecule has 0 bridgehead atoms. The topological polar surface area (TPSA) is 44.5 Å². The first-order valence-electron chi connectivity index (χ1n) is 8.36. The molecule has 1 N–H and O–H groups in total. The van der Waals surface area contributed by atoms with Gasteiger partial charge >= 0.3 is 0 Å². The van der Waals surface area contributed by atoms with Crippen LogP contribution in [0.5, 0.6) is 0 Å². The predicted octanol–water partition coefficient (Wildman–Crippen LogP) is 2.09. The molecule has 2 fully saturated rings. The number of nitrogens with one attached hydrogen (secondary N) is 1. The van der Waals surface area contributed by atoms with Crippen LogP contribution >= 0.6 is 0 Å². The van der Waals surface area contributed by atoms with E-state index < -0.39 is 0 Å². The smallest absolute Gasteiger partial charge is 0.297 e. The van der Waals surface area contributed by atoms with Crippen molar-refractivity contribution in [3.05, 3.63) is 12.0 Å². The molecule has 118 valence electrons. The van der Waals surface area contributed by atoms with Crippen LogP contribution in [0.4, 0.5) is 6.01 Å². The molecule has 3 heterocycles. The van der Waals surface area contributed by atoms with Crippen molar-refractivity contribution in [3.8, 4) is 0 Å². The van der Waals surface area contributed by atoms with Crippen LogP contribution in [0.25, 0.3) is 0 Å². The van der Waals surface area contributed by atoms with E-state index in [-0.39, 0.29) is 0 Å². The Bertz CT molecular complexity index is 439. The second kappa shape index (κ2) is 6.79. The standard InChI is InChI=1S/C16H28N4O/c1-13(2)9-17-10-14-12-21-16(18-14)20-8-5-15(11-20)19-6-3-4-7-19/h12-13,15,17H,3-11H2,1-2H3. The summed E-state index contributed by atoms with van der Waals surface area (Å²) < 4.78 is 5.67. The number of likely N-dealkylation sites (tertiary alicyclic amines) is 1. The lowest BCUT2D eigenvalue weighted by molar-refractivity contribution is 0.260. The SMILES string of the molecule is CC(C)CNCc1coc(N2CCC(N3CCCC3)C2)n1. The molecule has 1 aromatic rings. The van der Waals surface area contributed by atoms with Crippen LogP contribution in [-0.4, -0.2) is 48.6 Å². The number of aromatic nitrogens is 1. The van der Waals surface area contributed by atoms with Crippen LogP contribution in [0.2, 0.25) is 0 Å². The van der Waals surface area contributed by atoms with E-state index in [9.17, 15) is 0 Å². The summed E-state index contributed by atoms with van der Waals surface area (Å²) in [5, 5.41) is 3.41. The molecule has 2 aliphatic heterocycles. The Morgan fingerprint density at radius 3 is 2.90 bits per heavy atom. The Hall–Kier alpha value is -1.07. The van der Waals surface area contributed by atoms with Gasteiger partial charge in [0.25, 0.3) is 6.01 Å². The summed E-state index contributed by atoms with van der Waals surface area (Å²) in [5.74, 6) is 0.663. The molecule has 1 atom stereocenters. The van der Waals surface area contributed by atoms with E-state index in [4.69, 9.17) is 4.42 Å². The maximum Gasteiger partial charge on any atom is 0.297 e. The lowest BCUT2D eigenvalue weighted by Gasteiger charge is -2.23. The fraction of sp³-hybridized carbons (Fsp3) is 0.812. The average Bonchev–Trinajstić information content (AvgIpc) is 3.19. The van der Waals surface area contributed by atoms with Gasteiger partial charge in [-0.1, -0.05) is 13.8 Å². The molecule has 5 heteroatoms. The molecule has 2 saturated heterocycles. The molecule has 0 radical (unpaired) electrons. The zero-order chi connectivity index (χ0) is 14.7. The highest BCUT2D eigenvalue weighted by Crippen LogP contribution is 2.24. The Labute approximate surface area is 127 Å². The summed E-state index contributed by atoms with van der Waals surface area (Å²) in [4.78, 5) is 9.56. The number of nitrogens with zero attached hydrogens (tertiary/aromatic N) is 3. The minimum atomic E-state index is 0.663. The Balaban J connectivity index is 1.49. The first-order valence-corrected chi connectivity index (χ1v) is 8.36. The Kier molecular flexibility index (Phi) is 4.80. The number of rotatable bonds is 6. The van der Waals surface area contributed by atoms with E-state index in [1.807, 2.05) is 0 Å². The van der Waals surface area contributed by atoms with Crippen molar-refractivity contribution >= 4 is 6.01 Å². The van der Waals surface area contributed by atoms with Gasteiger partial charge in [0, 0.05) is 25.7 Å². The lowest BCUT2D eigenvalue weighted by atomic mass is 10.2. The van der Waals surface area contributed by atoms with E-state index >= 15 is 0 Å². The molecule has 21 heavy (non-hydrogen) atoms. The highest BCUT2D eigenvalue weighted by molar-refractivity contribution is 5.29. The molecule has 0 spiro atoms. The average molecular weight is 292 g/mol. The first-order chi connectivity index (χ1) is 10.2. The Morgan fingerprint density at radius 1 is 1.33 bits per heavy atom. The van der Waals surface area contributed by atoms with Gasteiger partial charge in [0.1, 0.15) is 6.26 Å². The molecule has 0 aromatic carbocycles. The summed E-state index contributed by atoms with van der Waals surface area (Å²) in [6.07, 6.45) is 5.76. The van der Waals surface area contributed by atoms with Crippen molar-refractivity contribution < 1.29 is 4.42 Å². The van der Waals surface area contributed by atoms with Crippen LogP contribution in [0.3, 0.4) is 0 Å². The molecular formula is C16H28N4O. The molecule has 1 unspecified atom stereocenters. The summed E-state index contributed by atoms with van der Waals surface area (Å²) in [6, 6.07) is 1.50. The molecule has 2 aliphatic rings. The van der Waals surface area contributed by atoms with Gasteiger partial charge in [-0.15, -0.1) is 0 Å². The first kappa shape index (κ1) is 14.9. The van der Waals surface area contributed by atoms with Crippen LogP contribution in [0.1, 0.15) is 38.8 Å². The predicted molar refractivity (Wildman–Crippen MR) is 84.5 cm³/mol. The molecule has 1 aromatic heterocycles. The summed E-state index contributed by atoms with van der Waals surface area (Å²) in [5.41, 5.74) is 1.01. The van der Waals surface area contributed by atoms with E-state index in [0.29, 0.717) is 12.0 Å². The van der Waals surface area contributed by atoms with Crippen LogP contribution in [0, 0.1) is 5.92 Å². The fourth-order valence-corrected chi connectivity index (χ4v) is 3.33. The highest BCUT2D eigenvalue weighted by atomic mass is 16.4. The van der Waals surface area contributed by atoms with Crippen LogP contribution in [0.15, 0.2) is 10.7 Å². The van der Waals surface area contributed by atoms with Crippen molar-refractivity contribution in [2.75, 3.05) is 37.6 Å². The molecular weight excluding hydrogens is 264 g/mol. The van der Waals surface area contributed by atoms with Gasteiger partial charge in [-0.2, -0.15) is 4.98 Å². The maximum atomic E-state index is 5.67. The van der Waals surface area contributed by atoms with E-state index in [2.05, 4.69) is 33.9 Å². The summed E-state index contributed by atoms with van der Waals surface area (Å²) in [6.45, 7) is 10.9. The zero-order valence-corrected chi connectivity index (χ0v) is 13.3. The number of hydrogen-bond acceptors (Lipinski definition) is 5. The number of oxazole rings is 1. The second-order valence-corrected chi connectivity index (χ2v) is 6.78. The minimum absolute atomic E-state index is 0.663. The Morgan fingerprint density at radius 2 is 2.14 bits per heavy atom. The fourth-order valence-electron chi connectivity index (χ4n) is 3.33. The molecule has 3 rings (SSSR count). The maximum absolute atomic E-state index is 5.67. The number of anilines is 1. The summed E-state index contributed by atoms with van der Waals surface area (Å²) >= 11 is 0. The molecule has 0 saturated carbocycles. The highest BCUT2D eigenvalue weighted by Gasteiger charge is 2.31. The molecule has 0 amide bonds. The normalized spacial score (nSPS) is 23.6. The van der Waals surface area contributed by atoms with Crippen molar-refractivity contribution in [1.82, 2.24) is 15.2 Å². The van der Waals surface area contributed by atoms with Gasteiger partial charge < -0.3 is 14.6 Å². The van der Waals surface area contributed by atoms with Crippen molar-refractivity contribution in [3.63, 3.8) is 0 Å². The van der Waals surface area contributed by atoms with Gasteiger partial charge in [0.05, 0.1) is 5.69 Å². The monoisotopic (exact) mass is 292 g/mol. The zero-order valence-electron chi connectivity index (χ0n) is 13.3. The van der Waals surface area contributed by atoms with Gasteiger partial charge in [0.15, 0.2) is 0 Å². The van der Waals surface area contributed by atoms with Gasteiger partial charge in [-0.3, -0.25) is 4.90 Å².